The van der Waals surface area contributed by atoms with Gasteiger partial charge in [-0.1, -0.05) is 12.1 Å². The van der Waals surface area contributed by atoms with Crippen molar-refractivity contribution >= 4 is 17.8 Å². The molecule has 0 saturated heterocycles. The third-order valence-electron chi connectivity index (χ3n) is 3.25. The number of carbonyl (C=O) groups excluding carboxylic acids is 1. The second kappa shape index (κ2) is 7.18. The van der Waals surface area contributed by atoms with Gasteiger partial charge in [-0.25, -0.2) is 5.43 Å². The Morgan fingerprint density at radius 1 is 1.24 bits per heavy atom. The molecule has 3 aromatic rings. The van der Waals surface area contributed by atoms with E-state index in [1.54, 1.807) is 42.6 Å². The Morgan fingerprint density at radius 2 is 2.12 bits per heavy atom. The smallest absolute Gasteiger partial charge is 0.272 e. The number of pyridine rings is 1. The number of aromatic nitrogens is 1. The third-order valence-corrected chi connectivity index (χ3v) is 3.25. The average Bonchev–Trinajstić information content (AvgIpc) is 3.11. The maximum Gasteiger partial charge on any atom is 0.272 e. The van der Waals surface area contributed by atoms with Crippen molar-refractivity contribution in [2.75, 3.05) is 0 Å². The number of benzene rings is 1. The zero-order chi connectivity index (χ0) is 17.6. The number of rotatable bonds is 5. The number of hydrazone groups is 1. The molecule has 0 aliphatic carbocycles. The van der Waals surface area contributed by atoms with E-state index in [1.165, 1.54) is 24.5 Å². The largest absolute Gasteiger partial charge is 0.455 e. The number of hydrogen-bond donors (Lipinski definition) is 1. The van der Waals surface area contributed by atoms with Gasteiger partial charge in [0.05, 0.1) is 16.7 Å². The van der Waals surface area contributed by atoms with Gasteiger partial charge in [-0.05, 0) is 24.3 Å². The summed E-state index contributed by atoms with van der Waals surface area (Å²) in [6.45, 7) is 0. The summed E-state index contributed by atoms with van der Waals surface area (Å²) in [5.41, 5.74) is 3.30. The maximum absolute atomic E-state index is 11.8. The monoisotopic (exact) mass is 336 g/mol. The average molecular weight is 336 g/mol. The van der Waals surface area contributed by atoms with Crippen molar-refractivity contribution in [1.82, 2.24) is 10.4 Å². The number of non-ortho nitro benzene ring substituents is 1. The zero-order valence-corrected chi connectivity index (χ0v) is 12.8. The first-order chi connectivity index (χ1) is 12.1. The molecule has 0 bridgehead atoms. The molecule has 2 aromatic heterocycles. The van der Waals surface area contributed by atoms with Gasteiger partial charge >= 0.3 is 0 Å². The summed E-state index contributed by atoms with van der Waals surface area (Å²) in [5.74, 6) is 0.464. The van der Waals surface area contributed by atoms with Crippen molar-refractivity contribution < 1.29 is 14.1 Å². The first-order valence-corrected chi connectivity index (χ1v) is 7.21. The highest BCUT2D eigenvalue weighted by molar-refractivity contribution is 5.94. The summed E-state index contributed by atoms with van der Waals surface area (Å²) < 4.78 is 5.56. The van der Waals surface area contributed by atoms with Gasteiger partial charge in [0, 0.05) is 30.1 Å². The summed E-state index contributed by atoms with van der Waals surface area (Å²) in [7, 11) is 0. The Morgan fingerprint density at radius 3 is 2.88 bits per heavy atom. The van der Waals surface area contributed by atoms with E-state index in [0.717, 1.165) is 0 Å². The molecule has 25 heavy (non-hydrogen) atoms. The van der Waals surface area contributed by atoms with Gasteiger partial charge in [0.2, 0.25) is 0 Å². The first-order valence-electron chi connectivity index (χ1n) is 7.21. The summed E-state index contributed by atoms with van der Waals surface area (Å²) >= 11 is 0. The number of nitrogens with zero attached hydrogens (tertiary/aromatic N) is 3. The van der Waals surface area contributed by atoms with Crippen LogP contribution >= 0.6 is 0 Å². The molecular weight excluding hydrogens is 324 g/mol. The van der Waals surface area contributed by atoms with E-state index in [4.69, 9.17) is 4.42 Å². The molecule has 1 aromatic carbocycles. The normalized spacial score (nSPS) is 10.7. The molecule has 0 aliphatic heterocycles. The third kappa shape index (κ3) is 3.94. The minimum Gasteiger partial charge on any atom is -0.455 e. The quantitative estimate of drug-likeness (QED) is 0.437. The van der Waals surface area contributed by atoms with Crippen molar-refractivity contribution in [2.24, 2.45) is 5.10 Å². The standard InChI is InChI=1S/C17H12N4O4/c22-17(13-4-2-8-18-10-13)20-19-11-15-6-7-16(25-15)12-3-1-5-14(9-12)21(23)24/h1-11H,(H,20,22)/b19-11-. The van der Waals surface area contributed by atoms with Crippen LogP contribution in [0, 0.1) is 10.1 Å². The van der Waals surface area contributed by atoms with Crippen LogP contribution in [-0.4, -0.2) is 22.0 Å². The van der Waals surface area contributed by atoms with Gasteiger partial charge in [-0.2, -0.15) is 5.10 Å². The van der Waals surface area contributed by atoms with E-state index in [-0.39, 0.29) is 5.69 Å². The Bertz CT molecular complexity index is 935. The van der Waals surface area contributed by atoms with E-state index in [2.05, 4.69) is 15.5 Å². The summed E-state index contributed by atoms with van der Waals surface area (Å²) in [4.78, 5) is 26.0. The number of amides is 1. The van der Waals surface area contributed by atoms with Crippen LogP contribution in [0.15, 0.2) is 70.4 Å². The summed E-state index contributed by atoms with van der Waals surface area (Å²) in [6.07, 6.45) is 4.34. The summed E-state index contributed by atoms with van der Waals surface area (Å²) in [6, 6.07) is 12.7. The topological polar surface area (TPSA) is 111 Å². The molecule has 2 heterocycles. The number of nitro benzene ring substituents is 1. The van der Waals surface area contributed by atoms with Crippen molar-refractivity contribution in [3.8, 4) is 11.3 Å². The highest BCUT2D eigenvalue weighted by Gasteiger charge is 2.10. The minimum atomic E-state index is -0.469. The lowest BCUT2D eigenvalue weighted by atomic mass is 10.1. The Balaban J connectivity index is 1.68. The summed E-state index contributed by atoms with van der Waals surface area (Å²) in [5, 5.41) is 14.6. The molecule has 0 saturated carbocycles. The molecule has 0 spiro atoms. The van der Waals surface area contributed by atoms with Gasteiger partial charge < -0.3 is 4.42 Å². The second-order valence-corrected chi connectivity index (χ2v) is 4.95. The lowest BCUT2D eigenvalue weighted by Crippen LogP contribution is -2.17. The van der Waals surface area contributed by atoms with Gasteiger partial charge in [0.15, 0.2) is 0 Å². The minimum absolute atomic E-state index is 0.0205. The van der Waals surface area contributed by atoms with Crippen LogP contribution in [0.3, 0.4) is 0 Å². The van der Waals surface area contributed by atoms with Crippen LogP contribution in [0.25, 0.3) is 11.3 Å². The fourth-order valence-corrected chi connectivity index (χ4v) is 2.07. The van der Waals surface area contributed by atoms with Crippen LogP contribution in [-0.2, 0) is 0 Å². The molecule has 124 valence electrons. The number of hydrogen-bond acceptors (Lipinski definition) is 6. The zero-order valence-electron chi connectivity index (χ0n) is 12.8. The van der Waals surface area contributed by atoms with E-state index in [9.17, 15) is 14.9 Å². The first kappa shape index (κ1) is 16.1. The highest BCUT2D eigenvalue weighted by Crippen LogP contribution is 2.25. The van der Waals surface area contributed by atoms with Crippen LogP contribution in [0.1, 0.15) is 16.1 Å². The fourth-order valence-electron chi connectivity index (χ4n) is 2.07. The highest BCUT2D eigenvalue weighted by atomic mass is 16.6. The Hall–Kier alpha value is -3.81. The van der Waals surface area contributed by atoms with Crippen LogP contribution < -0.4 is 5.43 Å². The van der Waals surface area contributed by atoms with E-state index in [1.807, 2.05) is 0 Å². The van der Waals surface area contributed by atoms with Gasteiger partial charge in [0.25, 0.3) is 11.6 Å². The number of nitro groups is 1. The molecule has 0 radical (unpaired) electrons. The van der Waals surface area contributed by atoms with Crippen LogP contribution in [0.4, 0.5) is 5.69 Å². The van der Waals surface area contributed by atoms with E-state index < -0.39 is 10.8 Å². The molecule has 0 unspecified atom stereocenters. The number of nitrogens with one attached hydrogen (secondary N) is 1. The molecule has 8 nitrogen and oxygen atoms in total. The number of carbonyl (C=O) groups is 1. The van der Waals surface area contributed by atoms with Crippen molar-refractivity contribution in [2.45, 2.75) is 0 Å². The molecule has 0 fully saturated rings. The van der Waals surface area contributed by atoms with Crippen molar-refractivity contribution in [3.63, 3.8) is 0 Å². The Kier molecular flexibility index (Phi) is 4.61. The molecular formula is C17H12N4O4. The van der Waals surface area contributed by atoms with Gasteiger partial charge in [-0.3, -0.25) is 19.9 Å². The predicted molar refractivity (Wildman–Crippen MR) is 90.1 cm³/mol. The lowest BCUT2D eigenvalue weighted by molar-refractivity contribution is -0.384. The molecule has 8 heteroatoms. The molecule has 0 atom stereocenters. The SMILES string of the molecule is O=C(N/N=C\c1ccc(-c2cccc([N+](=O)[O-])c2)o1)c1cccnc1. The molecule has 0 aliphatic rings. The van der Waals surface area contributed by atoms with Crippen LogP contribution in [0.2, 0.25) is 0 Å². The Labute approximate surface area is 142 Å². The van der Waals surface area contributed by atoms with Gasteiger partial charge in [0.1, 0.15) is 11.5 Å². The van der Waals surface area contributed by atoms with E-state index in [0.29, 0.717) is 22.6 Å². The predicted octanol–water partition coefficient (Wildman–Crippen LogP) is 3.01. The van der Waals surface area contributed by atoms with E-state index >= 15 is 0 Å². The van der Waals surface area contributed by atoms with Crippen molar-refractivity contribution in [3.05, 3.63) is 82.4 Å². The fraction of sp³-hybridized carbons (Fsp3) is 0. The molecule has 1 amide bonds. The van der Waals surface area contributed by atoms with Gasteiger partial charge in [-0.15, -0.1) is 0 Å². The maximum atomic E-state index is 11.8. The van der Waals surface area contributed by atoms with Crippen LogP contribution in [0.5, 0.6) is 0 Å². The van der Waals surface area contributed by atoms with Crippen molar-refractivity contribution in [1.29, 1.82) is 0 Å². The molecule has 3 rings (SSSR count). The second-order valence-electron chi connectivity index (χ2n) is 4.95. The number of furan rings is 1. The molecule has 1 N–H and O–H groups in total. The lowest BCUT2D eigenvalue weighted by Gasteiger charge is -1.98.